The maximum absolute atomic E-state index is 13.6. The van der Waals surface area contributed by atoms with Crippen molar-refractivity contribution >= 4 is 48.1 Å². The molecular formula is C43H72IN5O14PS-. The predicted molar refractivity (Wildman–Crippen MR) is 244 cm³/mol. The number of ether oxygens (including phenoxy) is 6. The van der Waals surface area contributed by atoms with Crippen molar-refractivity contribution < 1.29 is 86.3 Å². The number of halogens is 1. The minimum atomic E-state index is -3.13. The Morgan fingerprint density at radius 2 is 0.908 bits per heavy atom. The SMILES string of the molecule is C#CCOCCOCCNC(=O)CCC(CCC(=O)NCCOCCOCC#C)(CCC(=O)NCCOCCOCC#C)NC(=O)CCCC(=O)NCCCCCCOP(O)(=S)O[I-]C. The Hall–Kier alpha value is -2.95. The molecule has 0 aromatic heterocycles. The van der Waals surface area contributed by atoms with Gasteiger partial charge in [-0.25, -0.2) is 0 Å². The first-order valence-electron chi connectivity index (χ1n) is 21.7. The van der Waals surface area contributed by atoms with Crippen molar-refractivity contribution in [1.82, 2.24) is 26.6 Å². The molecule has 0 fully saturated rings. The van der Waals surface area contributed by atoms with Crippen molar-refractivity contribution in [3.05, 3.63) is 0 Å². The molecule has 19 nitrogen and oxygen atoms in total. The number of hydrogen-bond acceptors (Lipinski definition) is 14. The van der Waals surface area contributed by atoms with Crippen LogP contribution in [-0.2, 0) is 71.6 Å². The second-order valence-corrected chi connectivity index (χ2v) is 18.9. The number of carbonyl (C=O) groups is 5. The van der Waals surface area contributed by atoms with Crippen LogP contribution in [0.15, 0.2) is 0 Å². The summed E-state index contributed by atoms with van der Waals surface area (Å²) in [6.45, 7) is 1.40. The van der Waals surface area contributed by atoms with Crippen molar-refractivity contribution in [2.45, 2.75) is 89.0 Å². The van der Waals surface area contributed by atoms with E-state index in [1.807, 2.05) is 4.93 Å². The Kier molecular flexibility index (Phi) is 41.6. The van der Waals surface area contributed by atoms with Gasteiger partial charge in [0.05, 0.1) is 59.5 Å². The van der Waals surface area contributed by atoms with Gasteiger partial charge in [-0.05, 0) is 25.7 Å². The van der Waals surface area contributed by atoms with E-state index in [0.717, 1.165) is 19.3 Å². The molecule has 0 aliphatic carbocycles. The van der Waals surface area contributed by atoms with Crippen LogP contribution >= 0.6 is 6.72 Å². The van der Waals surface area contributed by atoms with E-state index in [1.165, 1.54) is 0 Å². The van der Waals surface area contributed by atoms with Gasteiger partial charge in [-0.2, -0.15) is 0 Å². The molecule has 0 rings (SSSR count). The molecule has 0 saturated heterocycles. The molecule has 22 heteroatoms. The Balaban J connectivity index is 5.53. The molecular weight excluding hydrogens is 1000 g/mol. The molecule has 0 spiro atoms. The van der Waals surface area contributed by atoms with Gasteiger partial charge in [-0.3, -0.25) is 19.2 Å². The molecule has 1 atom stereocenters. The zero-order chi connectivity index (χ0) is 48.1. The van der Waals surface area contributed by atoms with E-state index in [4.69, 9.17) is 66.9 Å². The summed E-state index contributed by atoms with van der Waals surface area (Å²) < 4.78 is 42.3. The van der Waals surface area contributed by atoms with E-state index in [0.29, 0.717) is 59.2 Å². The molecule has 0 aromatic rings. The third-order valence-corrected chi connectivity index (χ3v) is 13.8. The first-order valence-corrected chi connectivity index (χ1v) is 27.4. The number of terminal acetylenes is 3. The van der Waals surface area contributed by atoms with Gasteiger partial charge in [0.15, 0.2) is 0 Å². The van der Waals surface area contributed by atoms with Crippen LogP contribution in [0.5, 0.6) is 0 Å². The van der Waals surface area contributed by atoms with Crippen LogP contribution in [0.4, 0.5) is 0 Å². The topological polar surface area (TPSA) is 240 Å². The first-order chi connectivity index (χ1) is 31.4. The zero-order valence-electron chi connectivity index (χ0n) is 37.9. The van der Waals surface area contributed by atoms with Crippen molar-refractivity contribution in [3.63, 3.8) is 0 Å². The Labute approximate surface area is 402 Å². The fraction of sp³-hybridized carbons (Fsp3) is 0.744. The quantitative estimate of drug-likeness (QED) is 0.0131. The fourth-order valence-corrected chi connectivity index (χ4v) is 9.44. The van der Waals surface area contributed by atoms with E-state index < -0.39 is 33.9 Å². The summed E-state index contributed by atoms with van der Waals surface area (Å²) in [6.07, 6.45) is 19.2. The van der Waals surface area contributed by atoms with Crippen LogP contribution in [0.3, 0.4) is 0 Å². The first kappa shape index (κ1) is 62.1. The number of carbonyl (C=O) groups excluding carboxylic acids is 5. The van der Waals surface area contributed by atoms with Crippen molar-refractivity contribution in [3.8, 4) is 37.0 Å². The number of hydrogen-bond donors (Lipinski definition) is 6. The van der Waals surface area contributed by atoms with Gasteiger partial charge in [0.25, 0.3) is 0 Å². The second kappa shape index (κ2) is 43.6. The molecule has 5 amide bonds. The number of nitrogens with one attached hydrogen (secondary N) is 5. The molecule has 65 heavy (non-hydrogen) atoms. The van der Waals surface area contributed by atoms with Gasteiger partial charge in [-0.1, -0.05) is 17.8 Å². The Morgan fingerprint density at radius 3 is 1.34 bits per heavy atom. The minimum absolute atomic E-state index is 0.00544. The van der Waals surface area contributed by atoms with Gasteiger partial charge < -0.3 is 49.7 Å². The van der Waals surface area contributed by atoms with Crippen molar-refractivity contribution in [2.24, 2.45) is 0 Å². The molecule has 0 radical (unpaired) electrons. The molecule has 372 valence electrons. The summed E-state index contributed by atoms with van der Waals surface area (Å²) in [6, 6.07) is 0. The maximum atomic E-state index is 13.6. The summed E-state index contributed by atoms with van der Waals surface area (Å²) in [4.78, 5) is 77.1. The van der Waals surface area contributed by atoms with Gasteiger partial charge in [-0.15, -0.1) is 19.3 Å². The molecule has 0 saturated carbocycles. The molecule has 0 bridgehead atoms. The van der Waals surface area contributed by atoms with E-state index in [9.17, 15) is 28.9 Å². The third kappa shape index (κ3) is 41.0. The fourth-order valence-electron chi connectivity index (χ4n) is 5.68. The van der Waals surface area contributed by atoms with Crippen LogP contribution < -0.4 is 48.2 Å². The molecule has 0 heterocycles. The van der Waals surface area contributed by atoms with E-state index >= 15 is 0 Å². The van der Waals surface area contributed by atoms with Gasteiger partial charge >= 0.3 is 119 Å². The molecule has 0 aliphatic rings. The van der Waals surface area contributed by atoms with E-state index in [-0.39, 0.29) is 147 Å². The number of amides is 5. The van der Waals surface area contributed by atoms with Gasteiger partial charge in [0.1, 0.15) is 19.8 Å². The standard InChI is InChI=1S/C43H72IN5O14PS/c1-5-25-56-32-35-59-29-22-46-39(51)15-18-43(19-16-40(52)47-23-30-60-36-33-57-26-6-2,20-17-41(53)48-24-31-61-37-34-58-27-7-3)49-42(54)14-12-13-38(50)45-21-10-8-9-11-28-62-64(55,65)63-44-4/h1-3H,8-37H2,4H3,(H,45,50)(H,46,51)(H,47,52)(H,48,53)(H,49,54)(H,55,65)/q-1. The van der Waals surface area contributed by atoms with Crippen LogP contribution in [0.25, 0.3) is 0 Å². The second-order valence-electron chi connectivity index (χ2n) is 14.1. The van der Waals surface area contributed by atoms with Crippen LogP contribution in [-0.4, -0.2) is 157 Å². The normalized spacial score (nSPS) is 12.0. The summed E-state index contributed by atoms with van der Waals surface area (Å²) in [7, 11) is 0. The zero-order valence-corrected chi connectivity index (χ0v) is 41.8. The number of alkyl halides is 1. The summed E-state index contributed by atoms with van der Waals surface area (Å²) in [5, 5.41) is 14.3. The van der Waals surface area contributed by atoms with Gasteiger partial charge in [0, 0.05) is 50.9 Å². The van der Waals surface area contributed by atoms with Crippen LogP contribution in [0.2, 0.25) is 0 Å². The Bertz CT molecular complexity index is 1380. The molecule has 1 unspecified atom stereocenters. The number of rotatable bonds is 45. The Morgan fingerprint density at radius 1 is 0.523 bits per heavy atom. The summed E-state index contributed by atoms with van der Waals surface area (Å²) >= 11 is 4.30. The van der Waals surface area contributed by atoms with E-state index in [1.54, 1.807) is 0 Å². The monoisotopic (exact) mass is 1070 g/mol. The number of unbranched alkanes of at least 4 members (excludes halogenated alkanes) is 3. The van der Waals surface area contributed by atoms with E-state index in [2.05, 4.69) is 44.3 Å². The van der Waals surface area contributed by atoms with Crippen molar-refractivity contribution in [1.29, 1.82) is 0 Å². The van der Waals surface area contributed by atoms with Crippen LogP contribution in [0, 0.1) is 37.0 Å². The summed E-state index contributed by atoms with van der Waals surface area (Å²) in [5.41, 5.74) is -1.15. The van der Waals surface area contributed by atoms with Crippen molar-refractivity contribution in [2.75, 3.05) is 117 Å². The molecule has 6 N–H and O–H groups in total. The molecule has 0 aromatic carbocycles. The van der Waals surface area contributed by atoms with Gasteiger partial charge in [0.2, 0.25) is 23.6 Å². The molecule has 0 aliphatic heterocycles. The predicted octanol–water partition coefficient (Wildman–Crippen LogP) is -1.74. The average Bonchev–Trinajstić information content (AvgIpc) is 3.27. The van der Waals surface area contributed by atoms with Crippen LogP contribution in [0.1, 0.15) is 83.5 Å². The summed E-state index contributed by atoms with van der Waals surface area (Å²) in [5.74, 6) is 5.59. The average molecular weight is 1070 g/mol. The third-order valence-electron chi connectivity index (χ3n) is 8.89.